The van der Waals surface area contributed by atoms with E-state index in [2.05, 4.69) is 38.5 Å². The summed E-state index contributed by atoms with van der Waals surface area (Å²) >= 11 is 6.10. The topological polar surface area (TPSA) is 86.8 Å². The Balaban J connectivity index is 1.32. The van der Waals surface area contributed by atoms with Gasteiger partial charge < -0.3 is 10.2 Å². The molecule has 5 rings (SSSR count). The normalized spacial score (nSPS) is 15.3. The Labute approximate surface area is 227 Å². The largest absolute Gasteiger partial charge is 0.369 e. The number of carbonyl (C=O) groups excluding carboxylic acids is 1. The zero-order valence-corrected chi connectivity index (χ0v) is 22.0. The summed E-state index contributed by atoms with van der Waals surface area (Å²) in [6.45, 7) is 5.65. The number of nitriles is 1. The van der Waals surface area contributed by atoms with Crippen LogP contribution >= 0.6 is 11.6 Å². The number of benzene rings is 2. The minimum absolute atomic E-state index is 0.133. The standard InChI is InChI=1S/C30H29ClN6O/c1-21-3-5-23(6-4-21)29(38)28-27(19-32)30(37(35-28)26-9-7-25(31)8-10-26)34-14-2-17-36-18-13-24(20-36)22-11-15-33-16-12-22/h3-12,15-16,24,34H,2,13-14,17-18,20H2,1H3. The number of nitrogens with one attached hydrogen (secondary N) is 1. The van der Waals surface area contributed by atoms with Gasteiger partial charge in [-0.1, -0.05) is 41.4 Å². The first kappa shape index (κ1) is 25.7. The molecule has 1 aliphatic heterocycles. The number of halogens is 1. The van der Waals surface area contributed by atoms with Crippen LogP contribution in [0.4, 0.5) is 5.82 Å². The van der Waals surface area contributed by atoms with Crippen molar-refractivity contribution >= 4 is 23.2 Å². The lowest BCUT2D eigenvalue weighted by atomic mass is 10.00. The van der Waals surface area contributed by atoms with Gasteiger partial charge in [0, 0.05) is 36.1 Å². The molecule has 4 aromatic rings. The number of carbonyl (C=O) groups is 1. The molecule has 8 heteroatoms. The Bertz CT molecular complexity index is 1440. The first-order chi connectivity index (χ1) is 18.5. The van der Waals surface area contributed by atoms with Gasteiger partial charge in [-0.15, -0.1) is 0 Å². The van der Waals surface area contributed by atoms with Gasteiger partial charge >= 0.3 is 0 Å². The van der Waals surface area contributed by atoms with Crippen LogP contribution in [0.3, 0.4) is 0 Å². The lowest BCUT2D eigenvalue weighted by Gasteiger charge is -2.17. The van der Waals surface area contributed by atoms with E-state index in [4.69, 9.17) is 11.6 Å². The minimum Gasteiger partial charge on any atom is -0.369 e. The molecule has 0 spiro atoms. The molecule has 38 heavy (non-hydrogen) atoms. The monoisotopic (exact) mass is 524 g/mol. The van der Waals surface area contributed by atoms with Crippen LogP contribution in [0.1, 0.15) is 51.5 Å². The van der Waals surface area contributed by atoms with Gasteiger partial charge in [0.15, 0.2) is 5.69 Å². The van der Waals surface area contributed by atoms with E-state index in [-0.39, 0.29) is 17.0 Å². The number of likely N-dealkylation sites (tertiary alicyclic amines) is 1. The number of pyridine rings is 1. The highest BCUT2D eigenvalue weighted by molar-refractivity contribution is 6.30. The summed E-state index contributed by atoms with van der Waals surface area (Å²) in [5, 5.41) is 18.7. The van der Waals surface area contributed by atoms with E-state index >= 15 is 0 Å². The van der Waals surface area contributed by atoms with Crippen LogP contribution in [0.25, 0.3) is 5.69 Å². The number of anilines is 1. The molecule has 192 valence electrons. The van der Waals surface area contributed by atoms with Crippen molar-refractivity contribution in [2.24, 2.45) is 0 Å². The number of rotatable bonds is 9. The van der Waals surface area contributed by atoms with E-state index in [1.54, 1.807) is 28.9 Å². The number of nitrogens with zero attached hydrogens (tertiary/aromatic N) is 5. The Morgan fingerprint density at radius 2 is 1.84 bits per heavy atom. The van der Waals surface area contributed by atoms with Gasteiger partial charge in [-0.05, 0) is 80.7 Å². The smallest absolute Gasteiger partial charge is 0.214 e. The zero-order chi connectivity index (χ0) is 26.5. The molecule has 1 saturated heterocycles. The summed E-state index contributed by atoms with van der Waals surface area (Å²) in [4.78, 5) is 20.0. The van der Waals surface area contributed by atoms with Gasteiger partial charge in [-0.2, -0.15) is 10.4 Å². The average Bonchev–Trinajstić information content (AvgIpc) is 3.57. The van der Waals surface area contributed by atoms with E-state index in [1.807, 2.05) is 43.6 Å². The Hall–Kier alpha value is -3.99. The maximum atomic E-state index is 13.4. The number of aromatic nitrogens is 3. The summed E-state index contributed by atoms with van der Waals surface area (Å²) in [5.74, 6) is 0.774. The van der Waals surface area contributed by atoms with Crippen molar-refractivity contribution in [3.8, 4) is 11.8 Å². The van der Waals surface area contributed by atoms with Crippen molar-refractivity contribution in [2.45, 2.75) is 25.7 Å². The lowest BCUT2D eigenvalue weighted by molar-refractivity contribution is 0.103. The lowest BCUT2D eigenvalue weighted by Crippen LogP contribution is -2.23. The fourth-order valence-corrected chi connectivity index (χ4v) is 5.04. The van der Waals surface area contributed by atoms with E-state index < -0.39 is 0 Å². The van der Waals surface area contributed by atoms with E-state index in [9.17, 15) is 10.1 Å². The molecular weight excluding hydrogens is 496 g/mol. The quantitative estimate of drug-likeness (QED) is 0.226. The molecule has 2 aromatic heterocycles. The number of hydrogen-bond donors (Lipinski definition) is 1. The Morgan fingerprint density at radius 3 is 2.55 bits per heavy atom. The first-order valence-electron chi connectivity index (χ1n) is 12.8. The molecule has 2 aromatic carbocycles. The van der Waals surface area contributed by atoms with Crippen LogP contribution in [0.2, 0.25) is 5.02 Å². The summed E-state index contributed by atoms with van der Waals surface area (Å²) in [5.41, 5.74) is 3.99. The van der Waals surface area contributed by atoms with Crippen LogP contribution in [0.5, 0.6) is 0 Å². The number of ketones is 1. The second-order valence-electron chi connectivity index (χ2n) is 9.61. The molecule has 0 bridgehead atoms. The van der Waals surface area contributed by atoms with Gasteiger partial charge in [-0.25, -0.2) is 4.68 Å². The van der Waals surface area contributed by atoms with Crippen LogP contribution < -0.4 is 5.32 Å². The maximum absolute atomic E-state index is 13.4. The van der Waals surface area contributed by atoms with Gasteiger partial charge in [0.25, 0.3) is 0 Å². The van der Waals surface area contributed by atoms with Gasteiger partial charge in [0.2, 0.25) is 5.78 Å². The van der Waals surface area contributed by atoms with Crippen LogP contribution in [-0.4, -0.2) is 51.6 Å². The average molecular weight is 525 g/mol. The number of hydrogen-bond acceptors (Lipinski definition) is 6. The summed E-state index contributed by atoms with van der Waals surface area (Å²) in [6.07, 6.45) is 5.75. The molecular formula is C30H29ClN6O. The molecule has 3 heterocycles. The van der Waals surface area contributed by atoms with Crippen LogP contribution in [-0.2, 0) is 0 Å². The predicted molar refractivity (Wildman–Crippen MR) is 149 cm³/mol. The van der Waals surface area contributed by atoms with Crippen LogP contribution in [0.15, 0.2) is 73.1 Å². The van der Waals surface area contributed by atoms with Crippen molar-refractivity contribution in [1.82, 2.24) is 19.7 Å². The molecule has 1 atom stereocenters. The van der Waals surface area contributed by atoms with Crippen molar-refractivity contribution in [3.05, 3.63) is 106 Å². The molecule has 7 nitrogen and oxygen atoms in total. The van der Waals surface area contributed by atoms with E-state index in [0.717, 1.165) is 43.7 Å². The second kappa shape index (κ2) is 11.6. The fourth-order valence-electron chi connectivity index (χ4n) is 4.91. The highest BCUT2D eigenvalue weighted by Crippen LogP contribution is 2.28. The minimum atomic E-state index is -0.281. The summed E-state index contributed by atoms with van der Waals surface area (Å²) < 4.78 is 1.63. The first-order valence-corrected chi connectivity index (χ1v) is 13.2. The van der Waals surface area contributed by atoms with Gasteiger partial charge in [-0.3, -0.25) is 9.78 Å². The highest BCUT2D eigenvalue weighted by atomic mass is 35.5. The van der Waals surface area contributed by atoms with Crippen molar-refractivity contribution < 1.29 is 4.79 Å². The molecule has 1 N–H and O–H groups in total. The third kappa shape index (κ3) is 5.62. The summed E-state index contributed by atoms with van der Waals surface area (Å²) in [6, 6.07) is 20.9. The van der Waals surface area contributed by atoms with E-state index in [1.165, 1.54) is 5.56 Å². The van der Waals surface area contributed by atoms with Gasteiger partial charge in [0.1, 0.15) is 17.5 Å². The van der Waals surface area contributed by atoms with Crippen molar-refractivity contribution in [3.63, 3.8) is 0 Å². The van der Waals surface area contributed by atoms with Crippen molar-refractivity contribution in [1.29, 1.82) is 5.26 Å². The van der Waals surface area contributed by atoms with Crippen LogP contribution in [0, 0.1) is 18.3 Å². The van der Waals surface area contributed by atoms with Crippen molar-refractivity contribution in [2.75, 3.05) is 31.5 Å². The third-order valence-electron chi connectivity index (χ3n) is 6.99. The second-order valence-corrected chi connectivity index (χ2v) is 10.1. The number of aryl methyl sites for hydroxylation is 1. The molecule has 1 aliphatic rings. The fraction of sp³-hybridized carbons (Fsp3) is 0.267. The van der Waals surface area contributed by atoms with Gasteiger partial charge in [0.05, 0.1) is 5.69 Å². The molecule has 0 aliphatic carbocycles. The Kier molecular flexibility index (Phi) is 7.83. The molecule has 1 unspecified atom stereocenters. The Morgan fingerprint density at radius 1 is 1.11 bits per heavy atom. The molecule has 1 fully saturated rings. The van der Waals surface area contributed by atoms with E-state index in [0.29, 0.717) is 28.9 Å². The zero-order valence-electron chi connectivity index (χ0n) is 21.3. The SMILES string of the molecule is Cc1ccc(C(=O)c2nn(-c3ccc(Cl)cc3)c(NCCCN3CCC(c4ccncc4)C3)c2C#N)cc1. The maximum Gasteiger partial charge on any atom is 0.214 e. The molecule has 0 saturated carbocycles. The highest BCUT2D eigenvalue weighted by Gasteiger charge is 2.26. The molecule has 0 radical (unpaired) electrons. The molecule has 0 amide bonds. The predicted octanol–water partition coefficient (Wildman–Crippen LogP) is 5.62. The third-order valence-corrected chi connectivity index (χ3v) is 7.24. The summed E-state index contributed by atoms with van der Waals surface area (Å²) in [7, 11) is 0.